The number of benzene rings is 1. The second-order valence-corrected chi connectivity index (χ2v) is 7.80. The Balaban J connectivity index is 1.61. The average molecular weight is 450 g/mol. The summed E-state index contributed by atoms with van der Waals surface area (Å²) in [6.45, 7) is 1.76. The minimum atomic E-state index is -2.95. The van der Waals surface area contributed by atoms with Gasteiger partial charge in [-0.05, 0) is 42.3 Å². The van der Waals surface area contributed by atoms with Crippen LogP contribution in [0.1, 0.15) is 24.2 Å². The van der Waals surface area contributed by atoms with Crippen molar-refractivity contribution in [3.05, 3.63) is 48.2 Å². The molecule has 1 N–H and O–H groups in total. The molecule has 1 aromatic carbocycles. The monoisotopic (exact) mass is 450 g/mol. The molecule has 0 aliphatic rings. The third kappa shape index (κ3) is 6.14. The largest absolute Gasteiger partial charge is 0.461 e. The Labute approximate surface area is 181 Å². The highest BCUT2D eigenvalue weighted by Crippen LogP contribution is 2.25. The predicted molar refractivity (Wildman–Crippen MR) is 109 cm³/mol. The molecule has 2 heterocycles. The number of hydrogen-bond acceptors (Lipinski definition) is 7. The number of aromatic nitrogens is 3. The molecule has 0 spiro atoms. The van der Waals surface area contributed by atoms with Gasteiger partial charge in [0, 0.05) is 12.1 Å². The highest BCUT2D eigenvalue weighted by atomic mass is 32.2. The molecule has 3 aromatic rings. The summed E-state index contributed by atoms with van der Waals surface area (Å²) >= 11 is 1.14. The highest BCUT2D eigenvalue weighted by Gasteiger charge is 2.19. The average Bonchev–Trinajstić information content (AvgIpc) is 3.36. The minimum absolute atomic E-state index is 0.0628. The molecule has 2 amide bonds. The predicted octanol–water partition coefficient (Wildman–Crippen LogP) is 3.84. The lowest BCUT2D eigenvalue weighted by Gasteiger charge is -2.11. The maximum atomic E-state index is 12.2. The number of imide groups is 1. The second-order valence-electron chi connectivity index (χ2n) is 6.86. The Kier molecular flexibility index (Phi) is 7.40. The maximum Gasteiger partial charge on any atom is 0.387 e. The number of ether oxygens (including phenoxy) is 1. The van der Waals surface area contributed by atoms with Crippen molar-refractivity contribution in [3.63, 3.8) is 0 Å². The van der Waals surface area contributed by atoms with E-state index in [1.54, 1.807) is 18.4 Å². The lowest BCUT2D eigenvalue weighted by molar-refractivity contribution is -0.117. The summed E-state index contributed by atoms with van der Waals surface area (Å²) in [5, 5.41) is 11.1. The first-order valence-corrected chi connectivity index (χ1v) is 10.3. The number of rotatable bonds is 9. The van der Waals surface area contributed by atoms with Gasteiger partial charge in [0.2, 0.25) is 5.91 Å². The van der Waals surface area contributed by atoms with Crippen molar-refractivity contribution in [1.82, 2.24) is 20.1 Å². The fraction of sp³-hybridized carbons (Fsp3) is 0.300. The van der Waals surface area contributed by atoms with Gasteiger partial charge in [-0.25, -0.2) is 0 Å². The summed E-state index contributed by atoms with van der Waals surface area (Å²) in [5.41, 5.74) is 0.142. The van der Waals surface area contributed by atoms with E-state index < -0.39 is 18.4 Å². The van der Waals surface area contributed by atoms with Crippen molar-refractivity contribution in [1.29, 1.82) is 0 Å². The Morgan fingerprint density at radius 2 is 1.94 bits per heavy atom. The van der Waals surface area contributed by atoms with Crippen molar-refractivity contribution in [2.24, 2.45) is 5.92 Å². The number of nitrogens with one attached hydrogen (secondary N) is 1. The molecule has 0 aliphatic carbocycles. The Hall–Kier alpha value is -3.21. The van der Waals surface area contributed by atoms with E-state index in [2.05, 4.69) is 20.3 Å². The molecule has 0 bridgehead atoms. The van der Waals surface area contributed by atoms with E-state index in [1.807, 2.05) is 18.4 Å². The topological polar surface area (TPSA) is 99.2 Å². The molecule has 11 heteroatoms. The van der Waals surface area contributed by atoms with Gasteiger partial charge in [-0.3, -0.25) is 19.5 Å². The van der Waals surface area contributed by atoms with Crippen LogP contribution in [0.3, 0.4) is 0 Å². The third-order valence-electron chi connectivity index (χ3n) is 3.93. The molecule has 164 valence electrons. The van der Waals surface area contributed by atoms with Crippen LogP contribution in [-0.4, -0.2) is 38.9 Å². The van der Waals surface area contributed by atoms with E-state index in [-0.39, 0.29) is 17.1 Å². The van der Waals surface area contributed by atoms with Crippen LogP contribution in [0.2, 0.25) is 0 Å². The van der Waals surface area contributed by atoms with Crippen LogP contribution in [0.15, 0.2) is 52.2 Å². The number of halogens is 2. The smallest absolute Gasteiger partial charge is 0.387 e. The summed E-state index contributed by atoms with van der Waals surface area (Å²) in [7, 11) is 0. The molecular weight excluding hydrogens is 430 g/mol. The quantitative estimate of drug-likeness (QED) is 0.495. The maximum absolute atomic E-state index is 12.2. The van der Waals surface area contributed by atoms with E-state index in [0.717, 1.165) is 11.8 Å². The first-order chi connectivity index (χ1) is 14.8. The van der Waals surface area contributed by atoms with Gasteiger partial charge < -0.3 is 9.15 Å². The molecule has 0 aliphatic heterocycles. The minimum Gasteiger partial charge on any atom is -0.461 e. The first kappa shape index (κ1) is 22.5. The first-order valence-electron chi connectivity index (χ1n) is 9.32. The normalized spacial score (nSPS) is 11.2. The fourth-order valence-corrected chi connectivity index (χ4v) is 3.41. The molecule has 8 nitrogen and oxygen atoms in total. The lowest BCUT2D eigenvalue weighted by atomic mass is 10.2. The number of furan rings is 1. The highest BCUT2D eigenvalue weighted by molar-refractivity contribution is 7.99. The molecule has 0 unspecified atom stereocenters. The van der Waals surface area contributed by atoms with Crippen LogP contribution < -0.4 is 10.1 Å². The summed E-state index contributed by atoms with van der Waals surface area (Å²) in [5.74, 6) is 0.118. The van der Waals surface area contributed by atoms with Gasteiger partial charge in [-0.15, -0.1) is 10.2 Å². The number of amides is 2. The van der Waals surface area contributed by atoms with Crippen LogP contribution in [0, 0.1) is 5.92 Å². The number of nitrogens with zero attached hydrogens (tertiary/aromatic N) is 3. The van der Waals surface area contributed by atoms with Crippen molar-refractivity contribution in [3.8, 4) is 17.3 Å². The molecule has 0 atom stereocenters. The molecule has 0 saturated carbocycles. The van der Waals surface area contributed by atoms with Crippen LogP contribution in [0.25, 0.3) is 11.6 Å². The zero-order chi connectivity index (χ0) is 22.4. The second kappa shape index (κ2) is 10.2. The summed E-state index contributed by atoms with van der Waals surface area (Å²) in [6.07, 6.45) is 1.54. The van der Waals surface area contributed by atoms with Crippen LogP contribution in [-0.2, 0) is 11.3 Å². The van der Waals surface area contributed by atoms with Gasteiger partial charge in [-0.1, -0.05) is 25.6 Å². The molecule has 0 radical (unpaired) electrons. The lowest BCUT2D eigenvalue weighted by Crippen LogP contribution is -2.31. The zero-order valence-corrected chi connectivity index (χ0v) is 17.6. The van der Waals surface area contributed by atoms with E-state index >= 15 is 0 Å². The molecule has 0 fully saturated rings. The zero-order valence-electron chi connectivity index (χ0n) is 16.7. The summed E-state index contributed by atoms with van der Waals surface area (Å²) in [4.78, 5) is 24.4. The molecule has 3 rings (SSSR count). The van der Waals surface area contributed by atoms with Crippen LogP contribution >= 0.6 is 11.8 Å². The van der Waals surface area contributed by atoms with Gasteiger partial charge in [0.15, 0.2) is 16.7 Å². The van der Waals surface area contributed by atoms with Crippen molar-refractivity contribution < 1.29 is 27.5 Å². The fourth-order valence-electron chi connectivity index (χ4n) is 2.67. The number of carbonyl (C=O) groups excluding carboxylic acids is 2. The molecule has 0 saturated heterocycles. The van der Waals surface area contributed by atoms with Crippen molar-refractivity contribution in [2.45, 2.75) is 32.2 Å². The SMILES string of the molecule is CC(C)Cn1c(SCC(=O)NC(=O)c2ccc(OC(F)F)cc2)nnc1-c1ccco1. The number of thioether (sulfide) groups is 1. The number of hydrogen-bond donors (Lipinski definition) is 1. The Bertz CT molecular complexity index is 1020. The van der Waals surface area contributed by atoms with E-state index in [1.165, 1.54) is 24.3 Å². The van der Waals surface area contributed by atoms with E-state index in [4.69, 9.17) is 4.42 Å². The summed E-state index contributed by atoms with van der Waals surface area (Å²) in [6, 6.07) is 8.57. The van der Waals surface area contributed by atoms with Crippen LogP contribution in [0.5, 0.6) is 5.75 Å². The third-order valence-corrected chi connectivity index (χ3v) is 4.90. The number of carbonyl (C=O) groups is 2. The number of alkyl halides is 2. The Morgan fingerprint density at radius 3 is 2.55 bits per heavy atom. The van der Waals surface area contributed by atoms with Gasteiger partial charge >= 0.3 is 6.61 Å². The summed E-state index contributed by atoms with van der Waals surface area (Å²) < 4.78 is 35.9. The van der Waals surface area contributed by atoms with E-state index in [9.17, 15) is 18.4 Å². The van der Waals surface area contributed by atoms with Gasteiger partial charge in [0.25, 0.3) is 5.91 Å². The van der Waals surface area contributed by atoms with Crippen LogP contribution in [0.4, 0.5) is 8.78 Å². The molecule has 31 heavy (non-hydrogen) atoms. The van der Waals surface area contributed by atoms with Gasteiger partial charge in [-0.2, -0.15) is 8.78 Å². The molecular formula is C20H20F2N4O4S. The Morgan fingerprint density at radius 1 is 1.19 bits per heavy atom. The van der Waals surface area contributed by atoms with Crippen molar-refractivity contribution >= 4 is 23.6 Å². The van der Waals surface area contributed by atoms with Crippen molar-refractivity contribution in [2.75, 3.05) is 5.75 Å². The van der Waals surface area contributed by atoms with Gasteiger partial charge in [0.1, 0.15) is 5.75 Å². The van der Waals surface area contributed by atoms with Gasteiger partial charge in [0.05, 0.1) is 12.0 Å². The standard InChI is InChI=1S/C20H20F2N4O4S/c1-12(2)10-26-17(15-4-3-9-29-15)24-25-20(26)31-11-16(27)23-18(28)13-5-7-14(8-6-13)30-19(21)22/h3-9,12,19H,10-11H2,1-2H3,(H,23,27,28). The molecule has 2 aromatic heterocycles. The van der Waals surface area contributed by atoms with E-state index in [0.29, 0.717) is 29.2 Å².